The molecule has 55 heavy (non-hydrogen) atoms. The van der Waals surface area contributed by atoms with E-state index in [-0.39, 0.29) is 24.8 Å². The van der Waals surface area contributed by atoms with Gasteiger partial charge in [0.1, 0.15) is 34.3 Å². The van der Waals surface area contributed by atoms with Crippen molar-refractivity contribution in [2.45, 2.75) is 7.43 Å². The van der Waals surface area contributed by atoms with Gasteiger partial charge in [-0.2, -0.15) is 0 Å². The number of halogens is 1. The van der Waals surface area contributed by atoms with E-state index in [1.54, 1.807) is 86.4 Å². The smallest absolute Gasteiger partial charge is 0.257 e. The van der Waals surface area contributed by atoms with E-state index in [2.05, 4.69) is 20.3 Å². The number of benzene rings is 4. The van der Waals surface area contributed by atoms with Crippen molar-refractivity contribution >= 4 is 45.2 Å². The molecule has 14 heteroatoms. The lowest BCUT2D eigenvalue weighted by Crippen LogP contribution is -2.12. The fraction of sp³-hybridized carbons (Fsp3) is 0.0976. The molecule has 0 atom stereocenters. The Kier molecular flexibility index (Phi) is 16.5. The first kappa shape index (κ1) is 42.3. The van der Waals surface area contributed by atoms with Crippen molar-refractivity contribution in [3.05, 3.63) is 145 Å². The third kappa shape index (κ3) is 12.8. The van der Waals surface area contributed by atoms with Crippen molar-refractivity contribution in [1.82, 2.24) is 15.0 Å². The second kappa shape index (κ2) is 21.4. The Balaban J connectivity index is 0.000000204. The van der Waals surface area contributed by atoms with Crippen molar-refractivity contribution in [1.29, 1.82) is 0 Å². The highest BCUT2D eigenvalue weighted by Crippen LogP contribution is 2.29. The molecule has 0 spiro atoms. The molecule has 0 unspecified atom stereocenters. The highest BCUT2D eigenvalue weighted by atomic mass is 35.5. The van der Waals surface area contributed by atoms with Gasteiger partial charge in [0.25, 0.3) is 11.1 Å². The number of nitrogens with zero attached hydrogens (tertiary/aromatic N) is 3. The number of nitrogens with two attached hydrogens (primary N) is 1. The number of phenols is 2. The Morgan fingerprint density at radius 1 is 0.709 bits per heavy atom. The maximum absolute atomic E-state index is 11.8. The standard InChI is InChI=1S/C13H12N2O3.C13H10N2O2.C7H5ClO.C7H9NO2.CH4/c1-18-10-4-5-11(12(16)7-10)15-13(17)9-3-2-6-14-8-9;1-16-10-4-5-11-12(7-10)17-13(15-11)9-3-2-6-14-8-9;8-7(9)6-4-2-1-3-5-6;1-10-5-2-3-6(8)7(9)4-5;/h2-8,16H,1H3,(H,15,17);2-8H,1H3;1-5H;2-4,9H,8H2,1H3;1H4. The molecule has 1 amide bonds. The van der Waals surface area contributed by atoms with Gasteiger partial charge in [0.15, 0.2) is 5.58 Å². The number of ether oxygens (including phenoxy) is 3. The number of hydrogen-bond donors (Lipinski definition) is 4. The van der Waals surface area contributed by atoms with Crippen LogP contribution in [0.1, 0.15) is 28.1 Å². The lowest BCUT2D eigenvalue weighted by atomic mass is 10.2. The van der Waals surface area contributed by atoms with Gasteiger partial charge in [0, 0.05) is 48.5 Å². The average molecular weight is 766 g/mol. The molecule has 0 saturated carbocycles. The monoisotopic (exact) mass is 765 g/mol. The molecule has 13 nitrogen and oxygen atoms in total. The van der Waals surface area contributed by atoms with Crippen LogP contribution in [0.4, 0.5) is 11.4 Å². The summed E-state index contributed by atoms with van der Waals surface area (Å²) in [5, 5.41) is 20.9. The maximum Gasteiger partial charge on any atom is 0.257 e. The number of nitrogen functional groups attached to an aromatic ring is 1. The molecule has 0 aliphatic heterocycles. The second-order valence-electron chi connectivity index (χ2n) is 10.7. The van der Waals surface area contributed by atoms with Crippen LogP contribution < -0.4 is 25.3 Å². The number of rotatable bonds is 7. The van der Waals surface area contributed by atoms with Crippen LogP contribution in [0.3, 0.4) is 0 Å². The zero-order chi connectivity index (χ0) is 38.9. The number of nitrogens with one attached hydrogen (secondary N) is 1. The highest BCUT2D eigenvalue weighted by Gasteiger charge is 2.10. The molecule has 0 aliphatic carbocycles. The van der Waals surface area contributed by atoms with E-state index < -0.39 is 5.24 Å². The largest absolute Gasteiger partial charge is 0.506 e. The Morgan fingerprint density at radius 2 is 1.29 bits per heavy atom. The number of hydrogen-bond acceptors (Lipinski definition) is 12. The third-order valence-corrected chi connectivity index (χ3v) is 7.34. The van der Waals surface area contributed by atoms with Crippen molar-refractivity contribution in [3.8, 4) is 40.2 Å². The summed E-state index contributed by atoms with van der Waals surface area (Å²) in [5.41, 5.74) is 9.37. The van der Waals surface area contributed by atoms with Crippen LogP contribution in [0, 0.1) is 0 Å². The van der Waals surface area contributed by atoms with Crippen LogP contribution in [0.15, 0.2) is 138 Å². The predicted molar refractivity (Wildman–Crippen MR) is 213 cm³/mol. The summed E-state index contributed by atoms with van der Waals surface area (Å²) in [7, 11) is 4.66. The van der Waals surface area contributed by atoms with E-state index in [1.165, 1.54) is 32.5 Å². The molecule has 3 heterocycles. The van der Waals surface area contributed by atoms with E-state index >= 15 is 0 Å². The number of methoxy groups -OCH3 is 3. The van der Waals surface area contributed by atoms with E-state index in [1.807, 2.05) is 36.4 Å². The predicted octanol–water partition coefficient (Wildman–Crippen LogP) is 8.63. The first-order valence-corrected chi connectivity index (χ1v) is 16.3. The number of fused-ring (bicyclic) bond motifs is 1. The SMILES string of the molecule is C.COc1ccc(N)c(O)c1.COc1ccc(NC(=O)c2cccnc2)c(O)c1.COc1ccc2nc(-c3cccnc3)oc2c1.O=C(Cl)c1ccccc1. The van der Waals surface area contributed by atoms with Crippen LogP contribution in [-0.2, 0) is 0 Å². The molecule has 0 aliphatic rings. The minimum atomic E-state index is -0.407. The summed E-state index contributed by atoms with van der Waals surface area (Å²) in [5.74, 6) is 2.13. The van der Waals surface area contributed by atoms with Gasteiger partial charge in [-0.1, -0.05) is 37.8 Å². The number of carbonyl (C=O) groups excluding carboxylic acids is 2. The number of aromatic nitrogens is 3. The molecule has 0 radical (unpaired) electrons. The summed E-state index contributed by atoms with van der Waals surface area (Å²) < 4.78 is 20.6. The maximum atomic E-state index is 11.8. The summed E-state index contributed by atoms with van der Waals surface area (Å²) in [6.45, 7) is 0. The normalized spacial score (nSPS) is 9.67. The number of phenolic OH excluding ortho intramolecular Hbond substituents is 2. The Bertz CT molecular complexity index is 2260. The molecule has 0 bridgehead atoms. The minimum absolute atomic E-state index is 0. The third-order valence-electron chi connectivity index (χ3n) is 7.12. The van der Waals surface area contributed by atoms with Crippen molar-refractivity contribution in [3.63, 3.8) is 0 Å². The van der Waals surface area contributed by atoms with Crippen LogP contribution in [0.2, 0.25) is 0 Å². The molecular formula is C41H40ClN5O8. The molecule has 7 rings (SSSR count). The number of amides is 1. The van der Waals surface area contributed by atoms with Crippen molar-refractivity contribution in [2.24, 2.45) is 0 Å². The molecule has 284 valence electrons. The summed E-state index contributed by atoms with van der Waals surface area (Å²) >= 11 is 5.16. The summed E-state index contributed by atoms with van der Waals surface area (Å²) in [4.78, 5) is 34.5. The van der Waals surface area contributed by atoms with Gasteiger partial charge in [-0.3, -0.25) is 19.6 Å². The fourth-order valence-corrected chi connectivity index (χ4v) is 4.43. The van der Waals surface area contributed by atoms with Gasteiger partial charge < -0.3 is 39.9 Å². The Morgan fingerprint density at radius 3 is 1.84 bits per heavy atom. The first-order chi connectivity index (χ1) is 26.1. The zero-order valence-electron chi connectivity index (χ0n) is 29.3. The quantitative estimate of drug-likeness (QED) is 0.0687. The lowest BCUT2D eigenvalue weighted by molar-refractivity contribution is 0.102. The first-order valence-electron chi connectivity index (χ1n) is 15.9. The second-order valence-corrected chi connectivity index (χ2v) is 11.1. The topological polar surface area (TPSA) is 192 Å². The Hall–Kier alpha value is -7.12. The Labute approximate surface area is 323 Å². The zero-order valence-corrected chi connectivity index (χ0v) is 30.1. The molecular weight excluding hydrogens is 726 g/mol. The highest BCUT2D eigenvalue weighted by molar-refractivity contribution is 6.67. The van der Waals surface area contributed by atoms with E-state index in [4.69, 9.17) is 41.1 Å². The molecule has 7 aromatic rings. The number of anilines is 2. The van der Waals surface area contributed by atoms with Crippen LogP contribution in [0.25, 0.3) is 22.6 Å². The van der Waals surface area contributed by atoms with Gasteiger partial charge >= 0.3 is 0 Å². The number of carbonyl (C=O) groups is 2. The van der Waals surface area contributed by atoms with Gasteiger partial charge in [0.2, 0.25) is 5.89 Å². The minimum Gasteiger partial charge on any atom is -0.506 e. The van der Waals surface area contributed by atoms with Crippen molar-refractivity contribution in [2.75, 3.05) is 32.4 Å². The number of oxazole rings is 1. The fourth-order valence-electron chi connectivity index (χ4n) is 4.30. The van der Waals surface area contributed by atoms with E-state index in [0.717, 1.165) is 16.8 Å². The summed E-state index contributed by atoms with van der Waals surface area (Å²) in [6.07, 6.45) is 6.48. The molecule has 4 aromatic carbocycles. The van der Waals surface area contributed by atoms with Gasteiger partial charge in [-0.25, -0.2) is 4.98 Å². The van der Waals surface area contributed by atoms with Crippen LogP contribution in [0.5, 0.6) is 28.7 Å². The molecule has 0 saturated heterocycles. The number of aromatic hydroxyl groups is 2. The number of pyridine rings is 2. The van der Waals surface area contributed by atoms with E-state index in [9.17, 15) is 14.7 Å². The van der Waals surface area contributed by atoms with Crippen LogP contribution in [-0.4, -0.2) is 57.6 Å². The van der Waals surface area contributed by atoms with Gasteiger partial charge in [-0.05, 0) is 72.3 Å². The average Bonchev–Trinajstić information content (AvgIpc) is 3.65. The van der Waals surface area contributed by atoms with Crippen LogP contribution >= 0.6 is 11.6 Å². The van der Waals surface area contributed by atoms with Gasteiger partial charge in [0.05, 0.1) is 43.8 Å². The van der Waals surface area contributed by atoms with Gasteiger partial charge in [-0.15, -0.1) is 0 Å². The molecule has 3 aromatic heterocycles. The van der Waals surface area contributed by atoms with E-state index in [0.29, 0.717) is 45.5 Å². The van der Waals surface area contributed by atoms with Crippen molar-refractivity contribution < 1.29 is 38.4 Å². The summed E-state index contributed by atoms with van der Waals surface area (Å²) in [6, 6.07) is 30.8. The lowest BCUT2D eigenvalue weighted by Gasteiger charge is -2.08. The molecule has 0 fully saturated rings. The molecule has 5 N–H and O–H groups in total.